The average molecular weight is 377 g/mol. The maximum atomic E-state index is 4.57. The van der Waals surface area contributed by atoms with Crippen molar-refractivity contribution >= 4 is 21.7 Å². The molecule has 2 aromatic carbocycles. The molecule has 0 amide bonds. The second kappa shape index (κ2) is 7.81. The summed E-state index contributed by atoms with van der Waals surface area (Å²) in [5, 5.41) is 3.43. The van der Waals surface area contributed by atoms with Crippen molar-refractivity contribution in [3.63, 3.8) is 0 Å². The van der Waals surface area contributed by atoms with Gasteiger partial charge in [0.1, 0.15) is 11.9 Å². The van der Waals surface area contributed by atoms with Gasteiger partial charge in [-0.1, -0.05) is 60.4 Å². The van der Waals surface area contributed by atoms with Crippen LogP contribution in [0.5, 0.6) is 0 Å². The molecule has 1 aromatic heterocycles. The summed E-state index contributed by atoms with van der Waals surface area (Å²) in [7, 11) is 0. The second-order valence-electron chi connectivity index (χ2n) is 5.39. The molecule has 3 heteroatoms. The predicted octanol–water partition coefficient (Wildman–Crippen LogP) is 5.36. The van der Waals surface area contributed by atoms with Crippen LogP contribution in [0.3, 0.4) is 0 Å². The van der Waals surface area contributed by atoms with E-state index in [2.05, 4.69) is 50.2 Å². The van der Waals surface area contributed by atoms with Gasteiger partial charge in [-0.05, 0) is 52.7 Å². The van der Waals surface area contributed by atoms with Gasteiger partial charge in [-0.2, -0.15) is 0 Å². The first kappa shape index (κ1) is 16.3. The third kappa shape index (κ3) is 4.24. The summed E-state index contributed by atoms with van der Waals surface area (Å²) < 4.78 is 1.000. The largest absolute Gasteiger partial charge is 0.353 e. The van der Waals surface area contributed by atoms with Crippen LogP contribution in [0, 0.1) is 18.8 Å². The Morgan fingerprint density at radius 1 is 0.917 bits per heavy atom. The lowest BCUT2D eigenvalue weighted by molar-refractivity contribution is 0.991. The van der Waals surface area contributed by atoms with E-state index in [1.807, 2.05) is 67.6 Å². The highest BCUT2D eigenvalue weighted by molar-refractivity contribution is 9.10. The molecule has 0 radical (unpaired) electrons. The molecular weight excluding hydrogens is 360 g/mol. The number of aromatic nitrogens is 1. The minimum Gasteiger partial charge on any atom is -0.353 e. The lowest BCUT2D eigenvalue weighted by atomic mass is 10.1. The van der Waals surface area contributed by atoms with Gasteiger partial charge in [-0.25, -0.2) is 4.98 Å². The first-order valence-electron chi connectivity index (χ1n) is 7.73. The SMILES string of the molecule is Cc1nc(NC(C#Cc2ccccc2)c2ccccc2)ccc1Br. The van der Waals surface area contributed by atoms with Crippen LogP contribution in [0.15, 0.2) is 77.3 Å². The van der Waals surface area contributed by atoms with Crippen LogP contribution in [0.25, 0.3) is 0 Å². The molecular formula is C21H17BrN2. The van der Waals surface area contributed by atoms with Crippen molar-refractivity contribution in [2.24, 2.45) is 0 Å². The molecule has 0 spiro atoms. The summed E-state index contributed by atoms with van der Waals surface area (Å²) in [6.45, 7) is 1.97. The summed E-state index contributed by atoms with van der Waals surface area (Å²) >= 11 is 3.48. The van der Waals surface area contributed by atoms with E-state index in [1.54, 1.807) is 0 Å². The summed E-state index contributed by atoms with van der Waals surface area (Å²) in [6, 6.07) is 24.0. The minimum absolute atomic E-state index is 0.125. The number of benzene rings is 2. The molecule has 1 heterocycles. The van der Waals surface area contributed by atoms with Gasteiger partial charge in [0.2, 0.25) is 0 Å². The average Bonchev–Trinajstić information content (AvgIpc) is 2.63. The van der Waals surface area contributed by atoms with E-state index in [0.29, 0.717) is 0 Å². The highest BCUT2D eigenvalue weighted by Gasteiger charge is 2.09. The van der Waals surface area contributed by atoms with Crippen LogP contribution in [-0.4, -0.2) is 4.98 Å². The molecule has 0 fully saturated rings. The Morgan fingerprint density at radius 2 is 1.58 bits per heavy atom. The molecule has 1 unspecified atom stereocenters. The van der Waals surface area contributed by atoms with Gasteiger partial charge in [0.05, 0.1) is 5.69 Å². The Labute approximate surface area is 151 Å². The molecule has 0 aliphatic carbocycles. The van der Waals surface area contributed by atoms with Crippen LogP contribution in [-0.2, 0) is 0 Å². The fraction of sp³-hybridized carbons (Fsp3) is 0.0952. The number of pyridine rings is 1. The zero-order chi connectivity index (χ0) is 16.8. The number of nitrogens with one attached hydrogen (secondary N) is 1. The smallest absolute Gasteiger partial charge is 0.127 e. The van der Waals surface area contributed by atoms with Gasteiger partial charge in [-0.15, -0.1) is 0 Å². The maximum Gasteiger partial charge on any atom is 0.127 e. The number of aryl methyl sites for hydroxylation is 1. The highest BCUT2D eigenvalue weighted by atomic mass is 79.9. The van der Waals surface area contributed by atoms with Crippen molar-refractivity contribution in [2.45, 2.75) is 13.0 Å². The van der Waals surface area contributed by atoms with E-state index < -0.39 is 0 Å². The normalized spacial score (nSPS) is 11.2. The van der Waals surface area contributed by atoms with E-state index >= 15 is 0 Å². The first-order valence-corrected chi connectivity index (χ1v) is 8.53. The fourth-order valence-corrected chi connectivity index (χ4v) is 2.52. The van der Waals surface area contributed by atoms with Gasteiger partial charge < -0.3 is 5.32 Å². The van der Waals surface area contributed by atoms with Gasteiger partial charge in [0.15, 0.2) is 0 Å². The van der Waals surface area contributed by atoms with Crippen molar-refractivity contribution in [1.82, 2.24) is 4.98 Å². The molecule has 0 saturated heterocycles. The van der Waals surface area contributed by atoms with Crippen LogP contribution < -0.4 is 5.32 Å². The number of rotatable bonds is 3. The number of hydrogen-bond donors (Lipinski definition) is 1. The number of hydrogen-bond acceptors (Lipinski definition) is 2. The third-order valence-electron chi connectivity index (χ3n) is 3.58. The third-order valence-corrected chi connectivity index (χ3v) is 4.42. The van der Waals surface area contributed by atoms with Gasteiger partial charge in [0.25, 0.3) is 0 Å². The number of nitrogens with zero attached hydrogens (tertiary/aromatic N) is 1. The van der Waals surface area contributed by atoms with Crippen molar-refractivity contribution < 1.29 is 0 Å². The monoisotopic (exact) mass is 376 g/mol. The lowest BCUT2D eigenvalue weighted by Crippen LogP contribution is -2.10. The van der Waals surface area contributed by atoms with Crippen molar-refractivity contribution in [1.29, 1.82) is 0 Å². The highest BCUT2D eigenvalue weighted by Crippen LogP contribution is 2.21. The molecule has 0 aliphatic rings. The van der Waals surface area contributed by atoms with Crippen LogP contribution in [0.1, 0.15) is 22.9 Å². The van der Waals surface area contributed by atoms with E-state index in [4.69, 9.17) is 0 Å². The van der Waals surface area contributed by atoms with Crippen LogP contribution in [0.2, 0.25) is 0 Å². The minimum atomic E-state index is -0.125. The standard InChI is InChI=1S/C21H17BrN2/c1-16-19(22)13-15-21(23-16)24-20(18-10-6-3-7-11-18)14-12-17-8-4-2-5-9-17/h2-11,13,15,20H,1H3,(H,23,24). The lowest BCUT2D eigenvalue weighted by Gasteiger charge is -2.15. The van der Waals surface area contributed by atoms with Crippen LogP contribution in [0.4, 0.5) is 5.82 Å². The maximum absolute atomic E-state index is 4.57. The van der Waals surface area contributed by atoms with Gasteiger partial charge >= 0.3 is 0 Å². The number of halogens is 1. The molecule has 1 atom stereocenters. The van der Waals surface area contributed by atoms with E-state index in [0.717, 1.165) is 27.1 Å². The Bertz CT molecular complexity index is 865. The van der Waals surface area contributed by atoms with E-state index in [-0.39, 0.29) is 6.04 Å². The van der Waals surface area contributed by atoms with Gasteiger partial charge in [0, 0.05) is 10.0 Å². The summed E-state index contributed by atoms with van der Waals surface area (Å²) in [6.07, 6.45) is 0. The Balaban J connectivity index is 1.91. The van der Waals surface area contributed by atoms with Gasteiger partial charge in [-0.3, -0.25) is 0 Å². The Hall–Kier alpha value is -2.57. The summed E-state index contributed by atoms with van der Waals surface area (Å²) in [5.41, 5.74) is 3.06. The Morgan fingerprint density at radius 3 is 2.25 bits per heavy atom. The molecule has 24 heavy (non-hydrogen) atoms. The Kier molecular flexibility index (Phi) is 5.30. The summed E-state index contributed by atoms with van der Waals surface area (Å²) in [5.74, 6) is 7.37. The molecule has 1 N–H and O–H groups in total. The van der Waals surface area contributed by atoms with E-state index in [9.17, 15) is 0 Å². The topological polar surface area (TPSA) is 24.9 Å². The molecule has 3 aromatic rings. The number of anilines is 1. The fourth-order valence-electron chi connectivity index (χ4n) is 2.30. The zero-order valence-corrected chi connectivity index (χ0v) is 14.9. The summed E-state index contributed by atoms with van der Waals surface area (Å²) in [4.78, 5) is 4.57. The van der Waals surface area contributed by atoms with Crippen LogP contribution >= 0.6 is 15.9 Å². The molecule has 2 nitrogen and oxygen atoms in total. The first-order chi connectivity index (χ1) is 11.7. The quantitative estimate of drug-likeness (QED) is 0.622. The molecule has 3 rings (SSSR count). The van der Waals surface area contributed by atoms with Crippen molar-refractivity contribution in [3.8, 4) is 11.8 Å². The van der Waals surface area contributed by atoms with Crippen molar-refractivity contribution in [3.05, 3.63) is 94.1 Å². The molecule has 118 valence electrons. The second-order valence-corrected chi connectivity index (χ2v) is 6.24. The molecule has 0 bridgehead atoms. The zero-order valence-electron chi connectivity index (χ0n) is 13.3. The van der Waals surface area contributed by atoms with E-state index in [1.165, 1.54) is 0 Å². The van der Waals surface area contributed by atoms with Crippen molar-refractivity contribution in [2.75, 3.05) is 5.32 Å². The molecule has 0 aliphatic heterocycles. The predicted molar refractivity (Wildman–Crippen MR) is 103 cm³/mol. The molecule has 0 saturated carbocycles.